The zero-order chi connectivity index (χ0) is 19.8. The lowest BCUT2D eigenvalue weighted by atomic mass is 10.0. The summed E-state index contributed by atoms with van der Waals surface area (Å²) in [6, 6.07) is 25.9. The highest BCUT2D eigenvalue weighted by Crippen LogP contribution is 2.23. The number of allylic oxidation sites excluding steroid dienone is 2. The Balaban J connectivity index is 1.80. The van der Waals surface area contributed by atoms with Crippen LogP contribution in [0.5, 0.6) is 17.2 Å². The smallest absolute Gasteiger partial charge is 0.127 e. The second-order valence-corrected chi connectivity index (χ2v) is 6.35. The van der Waals surface area contributed by atoms with Crippen LogP contribution in [0, 0.1) is 0 Å². The summed E-state index contributed by atoms with van der Waals surface area (Å²) < 4.78 is 11.1. The molecule has 3 heteroatoms. The largest absolute Gasteiger partial charge is 0.497 e. The van der Waals surface area contributed by atoms with Gasteiger partial charge in [-0.15, -0.1) is 0 Å². The molecule has 0 unspecified atom stereocenters. The number of aliphatic imine (C=N–C) groups is 1. The maximum absolute atomic E-state index is 5.88. The molecule has 0 fully saturated rings. The predicted molar refractivity (Wildman–Crippen MR) is 117 cm³/mol. The minimum atomic E-state index is 0.726. The number of methoxy groups -OCH3 is 1. The summed E-state index contributed by atoms with van der Waals surface area (Å²) in [7, 11) is 1.68. The maximum atomic E-state index is 5.88. The van der Waals surface area contributed by atoms with Gasteiger partial charge in [0.15, 0.2) is 0 Å². The first-order chi connectivity index (χ1) is 13.7. The van der Waals surface area contributed by atoms with Gasteiger partial charge in [0.25, 0.3) is 0 Å². The Hall–Kier alpha value is -3.33. The van der Waals surface area contributed by atoms with Gasteiger partial charge in [-0.05, 0) is 85.2 Å². The zero-order valence-corrected chi connectivity index (χ0v) is 16.6. The molecule has 0 aliphatic carbocycles. The van der Waals surface area contributed by atoms with Crippen molar-refractivity contribution in [2.75, 3.05) is 13.7 Å². The van der Waals surface area contributed by atoms with Crippen LogP contribution in [0.15, 0.2) is 89.9 Å². The average molecular weight is 371 g/mol. The van der Waals surface area contributed by atoms with Gasteiger partial charge in [-0.3, -0.25) is 4.99 Å². The van der Waals surface area contributed by atoms with Gasteiger partial charge in [-0.1, -0.05) is 30.3 Å². The minimum Gasteiger partial charge on any atom is -0.497 e. The van der Waals surface area contributed by atoms with Crippen molar-refractivity contribution < 1.29 is 9.47 Å². The Morgan fingerprint density at radius 2 is 1.36 bits per heavy atom. The molecule has 0 aromatic heterocycles. The molecular formula is C25H25NO2. The molecule has 142 valence electrons. The molecule has 3 aromatic rings. The molecule has 0 N–H and O–H groups in total. The van der Waals surface area contributed by atoms with Crippen LogP contribution in [-0.4, -0.2) is 19.4 Å². The standard InChI is InChI=1S/C25H25NO2/c1-4-26-25(18-19(2)20-10-14-22(27-3)15-11-20)21-12-16-24(17-13-21)28-23-8-6-5-7-9-23/h5-18H,4H2,1-3H3/b19-18+,26-25?. The van der Waals surface area contributed by atoms with Crippen LogP contribution in [0.1, 0.15) is 25.0 Å². The van der Waals surface area contributed by atoms with E-state index in [-0.39, 0.29) is 0 Å². The normalized spacial score (nSPS) is 12.0. The minimum absolute atomic E-state index is 0.726. The van der Waals surface area contributed by atoms with Crippen LogP contribution in [0.2, 0.25) is 0 Å². The Morgan fingerprint density at radius 1 is 0.786 bits per heavy atom. The quantitative estimate of drug-likeness (QED) is 0.450. The summed E-state index contributed by atoms with van der Waals surface area (Å²) in [5.74, 6) is 2.49. The number of rotatable bonds is 7. The summed E-state index contributed by atoms with van der Waals surface area (Å²) in [6.07, 6.45) is 2.12. The molecule has 0 radical (unpaired) electrons. The number of ether oxygens (including phenoxy) is 2. The second-order valence-electron chi connectivity index (χ2n) is 6.35. The van der Waals surface area contributed by atoms with Crippen LogP contribution in [0.3, 0.4) is 0 Å². The van der Waals surface area contributed by atoms with Gasteiger partial charge in [0, 0.05) is 6.54 Å². The van der Waals surface area contributed by atoms with E-state index >= 15 is 0 Å². The monoisotopic (exact) mass is 371 g/mol. The van der Waals surface area contributed by atoms with Crippen LogP contribution in [-0.2, 0) is 0 Å². The van der Waals surface area contributed by atoms with Gasteiger partial charge in [0.1, 0.15) is 17.2 Å². The van der Waals surface area contributed by atoms with E-state index < -0.39 is 0 Å². The SMILES string of the molecule is CCN=C(/C=C(\C)c1ccc(OC)cc1)c1ccc(Oc2ccccc2)cc1. The molecule has 0 aliphatic heterocycles. The Labute approximate surface area is 167 Å². The number of nitrogens with zero attached hydrogens (tertiary/aromatic N) is 1. The zero-order valence-electron chi connectivity index (χ0n) is 16.6. The molecule has 0 saturated heterocycles. The Morgan fingerprint density at radius 3 is 1.96 bits per heavy atom. The first kappa shape index (κ1) is 19.4. The van der Waals surface area contributed by atoms with E-state index in [9.17, 15) is 0 Å². The van der Waals surface area contributed by atoms with Crippen molar-refractivity contribution in [3.63, 3.8) is 0 Å². The molecule has 0 bridgehead atoms. The van der Waals surface area contributed by atoms with E-state index in [1.807, 2.05) is 73.7 Å². The van der Waals surface area contributed by atoms with E-state index in [4.69, 9.17) is 9.47 Å². The highest BCUT2D eigenvalue weighted by Gasteiger charge is 2.05. The second kappa shape index (κ2) is 9.56. The van der Waals surface area contributed by atoms with E-state index in [1.165, 1.54) is 0 Å². The fraction of sp³-hybridized carbons (Fsp3) is 0.160. The van der Waals surface area contributed by atoms with Crippen LogP contribution < -0.4 is 9.47 Å². The van der Waals surface area contributed by atoms with Gasteiger partial charge >= 0.3 is 0 Å². The topological polar surface area (TPSA) is 30.8 Å². The van der Waals surface area contributed by atoms with Crippen molar-refractivity contribution in [1.82, 2.24) is 0 Å². The molecule has 28 heavy (non-hydrogen) atoms. The molecule has 3 aromatic carbocycles. The highest BCUT2D eigenvalue weighted by molar-refractivity contribution is 6.12. The van der Waals surface area contributed by atoms with E-state index in [0.29, 0.717) is 0 Å². The fourth-order valence-corrected chi connectivity index (χ4v) is 2.85. The lowest BCUT2D eigenvalue weighted by molar-refractivity contribution is 0.415. The summed E-state index contributed by atoms with van der Waals surface area (Å²) in [5.41, 5.74) is 4.32. The van der Waals surface area contributed by atoms with Crippen LogP contribution >= 0.6 is 0 Å². The summed E-state index contributed by atoms with van der Waals surface area (Å²) >= 11 is 0. The van der Waals surface area contributed by atoms with Gasteiger partial charge in [0.05, 0.1) is 12.8 Å². The molecule has 0 aliphatic rings. The predicted octanol–water partition coefficient (Wildman–Crippen LogP) is 6.40. The average Bonchev–Trinajstić information content (AvgIpc) is 2.75. The summed E-state index contributed by atoms with van der Waals surface area (Å²) in [6.45, 7) is 4.87. The molecule has 0 saturated carbocycles. The Kier molecular flexibility index (Phi) is 6.64. The van der Waals surface area contributed by atoms with Crippen molar-refractivity contribution in [2.24, 2.45) is 4.99 Å². The number of hydrogen-bond donors (Lipinski definition) is 0. The number of benzene rings is 3. The number of hydrogen-bond acceptors (Lipinski definition) is 3. The third-order valence-corrected chi connectivity index (χ3v) is 4.36. The lowest BCUT2D eigenvalue weighted by Crippen LogP contribution is -1.99. The van der Waals surface area contributed by atoms with Crippen LogP contribution in [0.4, 0.5) is 0 Å². The van der Waals surface area contributed by atoms with Gasteiger partial charge in [-0.25, -0.2) is 0 Å². The summed E-state index contributed by atoms with van der Waals surface area (Å²) in [5, 5.41) is 0. The first-order valence-corrected chi connectivity index (χ1v) is 9.40. The van der Waals surface area contributed by atoms with Crippen molar-refractivity contribution in [3.8, 4) is 17.2 Å². The highest BCUT2D eigenvalue weighted by atomic mass is 16.5. The van der Waals surface area contributed by atoms with Crippen molar-refractivity contribution in [3.05, 3.63) is 96.1 Å². The Bertz CT molecular complexity index is 940. The molecule has 0 amide bonds. The van der Waals surface area contributed by atoms with Gasteiger partial charge < -0.3 is 9.47 Å². The van der Waals surface area contributed by atoms with Crippen molar-refractivity contribution >= 4 is 11.3 Å². The summed E-state index contributed by atoms with van der Waals surface area (Å²) in [4.78, 5) is 4.68. The molecule has 0 atom stereocenters. The van der Waals surface area contributed by atoms with E-state index in [0.717, 1.165) is 46.2 Å². The molecule has 3 nitrogen and oxygen atoms in total. The maximum Gasteiger partial charge on any atom is 0.127 e. The molecule has 0 heterocycles. The van der Waals surface area contributed by atoms with Crippen LogP contribution in [0.25, 0.3) is 5.57 Å². The van der Waals surface area contributed by atoms with E-state index in [1.54, 1.807) is 7.11 Å². The third kappa shape index (κ3) is 5.10. The first-order valence-electron chi connectivity index (χ1n) is 9.40. The van der Waals surface area contributed by atoms with Gasteiger partial charge in [0.2, 0.25) is 0 Å². The van der Waals surface area contributed by atoms with Crippen molar-refractivity contribution in [1.29, 1.82) is 0 Å². The van der Waals surface area contributed by atoms with Crippen molar-refractivity contribution in [2.45, 2.75) is 13.8 Å². The lowest BCUT2D eigenvalue weighted by Gasteiger charge is -2.09. The molecular weight excluding hydrogens is 346 g/mol. The molecule has 3 rings (SSSR count). The fourth-order valence-electron chi connectivity index (χ4n) is 2.85. The number of para-hydroxylation sites is 1. The third-order valence-electron chi connectivity index (χ3n) is 4.36. The molecule has 0 spiro atoms. The van der Waals surface area contributed by atoms with Gasteiger partial charge in [-0.2, -0.15) is 0 Å². The van der Waals surface area contributed by atoms with E-state index in [2.05, 4.69) is 30.1 Å².